The number of carbonyl (C=O) groups excluding carboxylic acids is 2. The lowest BCUT2D eigenvalue weighted by Crippen LogP contribution is -2.38. The van der Waals surface area contributed by atoms with E-state index in [1.165, 1.54) is 11.3 Å². The first-order chi connectivity index (χ1) is 9.08. The Morgan fingerprint density at radius 1 is 1.32 bits per heavy atom. The van der Waals surface area contributed by atoms with Gasteiger partial charge in [0.15, 0.2) is 0 Å². The molecule has 1 aliphatic rings. The molecule has 1 aliphatic heterocycles. The molecule has 7 heteroatoms. The molecule has 0 bridgehead atoms. The van der Waals surface area contributed by atoms with Gasteiger partial charge < -0.3 is 10.6 Å². The Bertz CT molecular complexity index is 477. The van der Waals surface area contributed by atoms with Crippen molar-refractivity contribution < 1.29 is 9.59 Å². The van der Waals surface area contributed by atoms with E-state index in [1.54, 1.807) is 0 Å². The van der Waals surface area contributed by atoms with E-state index in [1.807, 2.05) is 21.2 Å². The number of amides is 2. The topological polar surface area (TPSA) is 66.6 Å². The number of hydrogen-bond acceptors (Lipinski definition) is 4. The molecule has 0 aliphatic carbocycles. The largest absolute Gasteiger partial charge is 0.369 e. The van der Waals surface area contributed by atoms with Crippen LogP contribution in [-0.2, 0) is 4.79 Å². The predicted molar refractivity (Wildman–Crippen MR) is 78.2 cm³/mol. The van der Waals surface area contributed by atoms with Crippen LogP contribution in [0.4, 0.5) is 0 Å². The third-order valence-corrected chi connectivity index (χ3v) is 4.89. The van der Waals surface area contributed by atoms with Crippen LogP contribution in [0.3, 0.4) is 0 Å². The van der Waals surface area contributed by atoms with Gasteiger partial charge in [0.05, 0.1) is 6.54 Å². The summed E-state index contributed by atoms with van der Waals surface area (Å²) in [5.74, 6) is -0.261. The number of carbonyl (C=O) groups is 2. The maximum atomic E-state index is 12.4. The fourth-order valence-electron chi connectivity index (χ4n) is 2.14. The van der Waals surface area contributed by atoms with Crippen molar-refractivity contribution in [1.82, 2.24) is 9.80 Å². The lowest BCUT2D eigenvalue weighted by Gasteiger charge is -2.20. The summed E-state index contributed by atoms with van der Waals surface area (Å²) in [7, 11) is 0. The zero-order chi connectivity index (χ0) is 13.8. The van der Waals surface area contributed by atoms with E-state index >= 15 is 0 Å². The maximum absolute atomic E-state index is 12.4. The minimum atomic E-state index is -0.319. The van der Waals surface area contributed by atoms with Crippen molar-refractivity contribution in [3.63, 3.8) is 0 Å². The van der Waals surface area contributed by atoms with E-state index in [4.69, 9.17) is 5.73 Å². The molecule has 0 saturated carbocycles. The van der Waals surface area contributed by atoms with Gasteiger partial charge in [0, 0.05) is 30.7 Å². The minimum Gasteiger partial charge on any atom is -0.369 e. The number of thiophene rings is 1. The zero-order valence-electron chi connectivity index (χ0n) is 10.5. The van der Waals surface area contributed by atoms with Crippen molar-refractivity contribution in [2.45, 2.75) is 6.42 Å². The summed E-state index contributed by atoms with van der Waals surface area (Å²) in [6.45, 7) is 3.12. The third kappa shape index (κ3) is 3.77. The van der Waals surface area contributed by atoms with Crippen molar-refractivity contribution >= 4 is 39.1 Å². The predicted octanol–water partition coefficient (Wildman–Crippen LogP) is 1.14. The number of nitrogens with zero attached hydrogens (tertiary/aromatic N) is 2. The first kappa shape index (κ1) is 14.5. The fraction of sp³-hybridized carbons (Fsp3) is 0.500. The Morgan fingerprint density at radius 2 is 2.11 bits per heavy atom. The Morgan fingerprint density at radius 3 is 2.74 bits per heavy atom. The van der Waals surface area contributed by atoms with Crippen LogP contribution < -0.4 is 5.73 Å². The van der Waals surface area contributed by atoms with Crippen LogP contribution in [0.1, 0.15) is 16.1 Å². The van der Waals surface area contributed by atoms with Gasteiger partial charge in [-0.1, -0.05) is 0 Å². The molecule has 104 valence electrons. The molecule has 2 amide bonds. The zero-order valence-corrected chi connectivity index (χ0v) is 12.9. The van der Waals surface area contributed by atoms with Crippen LogP contribution in [0.5, 0.6) is 0 Å². The molecule has 0 radical (unpaired) electrons. The van der Waals surface area contributed by atoms with Crippen molar-refractivity contribution in [3.05, 3.63) is 20.8 Å². The Balaban J connectivity index is 1.97. The molecular formula is C12H16BrN3O2S. The van der Waals surface area contributed by atoms with Crippen LogP contribution in [0.25, 0.3) is 0 Å². The standard InChI is InChI=1S/C12H16BrN3O2S/c13-9-2-7-19-11(9)12(18)16-4-1-3-15(5-6-16)8-10(14)17/h2,7H,1,3-6,8H2,(H2,14,17). The van der Waals surface area contributed by atoms with Crippen LogP contribution in [0, 0.1) is 0 Å². The van der Waals surface area contributed by atoms with Crippen LogP contribution in [0.2, 0.25) is 0 Å². The quantitative estimate of drug-likeness (QED) is 0.893. The van der Waals surface area contributed by atoms with Crippen molar-refractivity contribution in [2.24, 2.45) is 5.73 Å². The van der Waals surface area contributed by atoms with Crippen LogP contribution >= 0.6 is 27.3 Å². The van der Waals surface area contributed by atoms with Gasteiger partial charge in [-0.3, -0.25) is 14.5 Å². The SMILES string of the molecule is NC(=O)CN1CCCN(C(=O)c2sccc2Br)CC1. The van der Waals surface area contributed by atoms with E-state index in [-0.39, 0.29) is 18.4 Å². The van der Waals surface area contributed by atoms with E-state index in [0.29, 0.717) is 13.1 Å². The van der Waals surface area contributed by atoms with E-state index in [2.05, 4.69) is 15.9 Å². The molecule has 0 atom stereocenters. The minimum absolute atomic E-state index is 0.0581. The fourth-order valence-corrected chi connectivity index (χ4v) is 3.65. The summed E-state index contributed by atoms with van der Waals surface area (Å²) in [5, 5.41) is 1.90. The van der Waals surface area contributed by atoms with Gasteiger partial charge in [0.1, 0.15) is 4.88 Å². The molecular weight excluding hydrogens is 330 g/mol. The highest BCUT2D eigenvalue weighted by Crippen LogP contribution is 2.24. The average Bonchev–Trinajstić information content (AvgIpc) is 2.64. The van der Waals surface area contributed by atoms with Gasteiger partial charge in [0.25, 0.3) is 5.91 Å². The molecule has 1 fully saturated rings. The summed E-state index contributed by atoms with van der Waals surface area (Å²) in [6, 6.07) is 1.88. The van der Waals surface area contributed by atoms with Gasteiger partial charge in [-0.25, -0.2) is 0 Å². The molecule has 19 heavy (non-hydrogen) atoms. The highest BCUT2D eigenvalue weighted by atomic mass is 79.9. The Labute approximate surface area is 124 Å². The molecule has 1 saturated heterocycles. The maximum Gasteiger partial charge on any atom is 0.265 e. The first-order valence-electron chi connectivity index (χ1n) is 6.11. The number of hydrogen-bond donors (Lipinski definition) is 1. The van der Waals surface area contributed by atoms with Crippen LogP contribution in [0.15, 0.2) is 15.9 Å². The highest BCUT2D eigenvalue weighted by molar-refractivity contribution is 9.10. The van der Waals surface area contributed by atoms with E-state index in [0.717, 1.165) is 28.9 Å². The second kappa shape index (κ2) is 6.49. The smallest absolute Gasteiger partial charge is 0.265 e. The second-order valence-corrected chi connectivity index (χ2v) is 6.26. The molecule has 5 nitrogen and oxygen atoms in total. The number of nitrogens with two attached hydrogens (primary N) is 1. The lowest BCUT2D eigenvalue weighted by molar-refractivity contribution is -0.119. The van der Waals surface area contributed by atoms with Crippen molar-refractivity contribution in [3.8, 4) is 0 Å². The van der Waals surface area contributed by atoms with E-state index < -0.39 is 0 Å². The lowest BCUT2D eigenvalue weighted by atomic mass is 10.3. The normalized spacial score (nSPS) is 17.2. The van der Waals surface area contributed by atoms with Gasteiger partial charge >= 0.3 is 0 Å². The summed E-state index contributed by atoms with van der Waals surface area (Å²) in [6.07, 6.45) is 0.863. The molecule has 0 spiro atoms. The molecule has 2 N–H and O–H groups in total. The summed E-state index contributed by atoms with van der Waals surface area (Å²) in [5.41, 5.74) is 5.20. The molecule has 1 aromatic rings. The monoisotopic (exact) mass is 345 g/mol. The Hall–Kier alpha value is -0.920. The summed E-state index contributed by atoms with van der Waals surface area (Å²) >= 11 is 4.83. The van der Waals surface area contributed by atoms with Crippen molar-refractivity contribution in [2.75, 3.05) is 32.7 Å². The summed E-state index contributed by atoms with van der Waals surface area (Å²) in [4.78, 5) is 27.9. The van der Waals surface area contributed by atoms with Gasteiger partial charge in [-0.2, -0.15) is 0 Å². The first-order valence-corrected chi connectivity index (χ1v) is 7.78. The van der Waals surface area contributed by atoms with Crippen LogP contribution in [-0.4, -0.2) is 54.3 Å². The molecule has 2 heterocycles. The Kier molecular flexibility index (Phi) is 4.95. The number of primary amides is 1. The average molecular weight is 346 g/mol. The molecule has 2 rings (SSSR count). The summed E-state index contributed by atoms with van der Waals surface area (Å²) < 4.78 is 0.848. The van der Waals surface area contributed by atoms with Gasteiger partial charge in [0.2, 0.25) is 5.91 Å². The van der Waals surface area contributed by atoms with Crippen molar-refractivity contribution in [1.29, 1.82) is 0 Å². The molecule has 0 aromatic carbocycles. The van der Waals surface area contributed by atoms with E-state index in [9.17, 15) is 9.59 Å². The molecule has 1 aromatic heterocycles. The van der Waals surface area contributed by atoms with Gasteiger partial charge in [-0.15, -0.1) is 11.3 Å². The second-order valence-electron chi connectivity index (χ2n) is 4.49. The molecule has 0 unspecified atom stereocenters. The number of halogens is 1. The highest BCUT2D eigenvalue weighted by Gasteiger charge is 2.22. The third-order valence-electron chi connectivity index (χ3n) is 3.07. The van der Waals surface area contributed by atoms with Gasteiger partial charge in [-0.05, 0) is 33.8 Å². The number of rotatable bonds is 3.